The van der Waals surface area contributed by atoms with Gasteiger partial charge < -0.3 is 4.11 Å². The van der Waals surface area contributed by atoms with Crippen molar-refractivity contribution in [3.63, 3.8) is 0 Å². The summed E-state index contributed by atoms with van der Waals surface area (Å²) in [5.41, 5.74) is 2.41. The topological polar surface area (TPSA) is 0 Å². The van der Waals surface area contributed by atoms with E-state index in [9.17, 15) is 0 Å². The summed E-state index contributed by atoms with van der Waals surface area (Å²) in [6.45, 7) is 38.9. The third-order valence-corrected chi connectivity index (χ3v) is 70.2. The smallest absolute Gasteiger partial charge is 0.141 e. The second-order valence-electron chi connectivity index (χ2n) is 16.0. The van der Waals surface area contributed by atoms with Gasteiger partial charge in [-0.05, 0) is 13.8 Å². The number of halogens is 1. The summed E-state index contributed by atoms with van der Waals surface area (Å²) in [6, 6.07) is 17.3. The molecule has 0 nitrogen and oxygen atoms in total. The Kier molecular flexibility index (Phi) is 8.78. The monoisotopic (exact) mass is 571 g/mol. The van der Waals surface area contributed by atoms with Crippen LogP contribution in [0.2, 0.25) is 33.2 Å². The molecule has 2 aromatic rings. The quantitative estimate of drug-likeness (QED) is 0.248. The van der Waals surface area contributed by atoms with Crippen LogP contribution in [0, 0.1) is 13.8 Å². The summed E-state index contributed by atoms with van der Waals surface area (Å²) < 4.78 is 19.5. The van der Waals surface area contributed by atoms with Gasteiger partial charge in [0.25, 0.3) is 0 Å². The van der Waals surface area contributed by atoms with Crippen molar-refractivity contribution >= 4 is 40.8 Å². The van der Waals surface area contributed by atoms with Gasteiger partial charge in [0, 0.05) is 0 Å². The SMILES string of the molecule is Cc1ccc([Si](F)(c2ccc(C)cc2)[Si-]([Si](C)(C(C)(C)C)C(C)(C)C)[Si](C)(C(C)(C)C)C(C)(C)C)cc1. The lowest BCUT2D eigenvalue weighted by Crippen LogP contribution is -2.88. The second kappa shape index (κ2) is 10.0. The van der Waals surface area contributed by atoms with E-state index in [1.807, 2.05) is 0 Å². The second-order valence-corrected chi connectivity index (χ2v) is 46.8. The number of benzene rings is 2. The fourth-order valence-corrected chi connectivity index (χ4v) is 91.5. The number of hydrogen-bond acceptors (Lipinski definition) is 0. The van der Waals surface area contributed by atoms with Crippen molar-refractivity contribution in [2.75, 3.05) is 0 Å². The lowest BCUT2D eigenvalue weighted by molar-refractivity contribution is 0.625. The van der Waals surface area contributed by atoms with Crippen LogP contribution in [0.5, 0.6) is 0 Å². The highest BCUT2D eigenvalue weighted by molar-refractivity contribution is 7.85. The van der Waals surface area contributed by atoms with Gasteiger partial charge in [0.05, 0.1) is 0 Å². The zero-order chi connectivity index (χ0) is 29.0. The third kappa shape index (κ3) is 5.36. The highest BCUT2D eigenvalue weighted by Gasteiger charge is 2.62. The predicted octanol–water partition coefficient (Wildman–Crippen LogP) is 9.42. The van der Waals surface area contributed by atoms with Gasteiger partial charge in [-0.3, -0.25) is 0 Å². The molecular weight excluding hydrogens is 516 g/mol. The molecule has 0 amide bonds. The fraction of sp³-hybridized carbons (Fsp3) is 0.625. The number of aryl methyl sites for hydroxylation is 2. The average Bonchev–Trinajstić information content (AvgIpc) is 2.71. The summed E-state index contributed by atoms with van der Waals surface area (Å²) in [5, 5.41) is 2.31. The van der Waals surface area contributed by atoms with Gasteiger partial charge in [0.15, 0.2) is 0 Å². The van der Waals surface area contributed by atoms with E-state index in [-0.39, 0.29) is 20.2 Å². The van der Waals surface area contributed by atoms with Gasteiger partial charge in [-0.15, -0.1) is 0 Å². The van der Waals surface area contributed by atoms with Crippen molar-refractivity contribution in [3.05, 3.63) is 59.7 Å². The summed E-state index contributed by atoms with van der Waals surface area (Å²) >= 11 is 0. The van der Waals surface area contributed by atoms with Crippen LogP contribution in [0.3, 0.4) is 0 Å². The van der Waals surface area contributed by atoms with Crippen molar-refractivity contribution in [3.8, 4) is 0 Å². The van der Waals surface area contributed by atoms with E-state index in [1.165, 1.54) is 11.1 Å². The first-order valence-electron chi connectivity index (χ1n) is 14.1. The third-order valence-electron chi connectivity index (χ3n) is 10.2. The molecule has 2 rings (SSSR count). The lowest BCUT2D eigenvalue weighted by atomic mass is 10.2. The highest BCUT2D eigenvalue weighted by Crippen LogP contribution is 2.62. The van der Waals surface area contributed by atoms with Crippen LogP contribution in [0.25, 0.3) is 0 Å². The predicted molar refractivity (Wildman–Crippen MR) is 176 cm³/mol. The van der Waals surface area contributed by atoms with Gasteiger partial charge in [-0.2, -0.15) is 7.35 Å². The highest BCUT2D eigenvalue weighted by atomic mass is 29.9. The van der Waals surface area contributed by atoms with Crippen molar-refractivity contribution in [1.82, 2.24) is 0 Å². The Balaban J connectivity index is 3.32. The van der Waals surface area contributed by atoms with Crippen LogP contribution in [0.1, 0.15) is 94.2 Å². The van der Waals surface area contributed by atoms with Crippen LogP contribution in [-0.2, 0) is 0 Å². The van der Waals surface area contributed by atoms with E-state index >= 15 is 4.11 Å². The number of rotatable bonds is 5. The van der Waals surface area contributed by atoms with Crippen molar-refractivity contribution < 1.29 is 4.11 Å². The van der Waals surface area contributed by atoms with Gasteiger partial charge in [-0.1, -0.05) is 202 Å². The minimum atomic E-state index is -3.66. The molecule has 0 spiro atoms. The van der Waals surface area contributed by atoms with Crippen molar-refractivity contribution in [1.29, 1.82) is 0 Å². The Morgan fingerprint density at radius 1 is 0.486 bits per heavy atom. The molecule has 0 bridgehead atoms. The van der Waals surface area contributed by atoms with Gasteiger partial charge in [0.2, 0.25) is 0 Å². The molecule has 5 heteroatoms. The maximum absolute atomic E-state index is 19.5. The lowest BCUT2D eigenvalue weighted by Gasteiger charge is -2.76. The molecule has 0 N–H and O–H groups in total. The Hall–Kier alpha value is -0.762. The average molecular weight is 572 g/mol. The molecule has 0 saturated heterocycles. The fourth-order valence-electron chi connectivity index (χ4n) is 6.96. The minimum absolute atomic E-state index is 0.0735. The molecule has 0 atom stereocenters. The first kappa shape index (κ1) is 32.4. The Labute approximate surface area is 234 Å². The molecule has 0 unspecified atom stereocenters. The molecule has 2 aromatic carbocycles. The van der Waals surface area contributed by atoms with E-state index in [0.29, 0.717) is 0 Å². The first-order chi connectivity index (χ1) is 16.4. The summed E-state index contributed by atoms with van der Waals surface area (Å²) in [4.78, 5) is 0. The molecule has 0 aliphatic heterocycles. The molecule has 0 fully saturated rings. The maximum Gasteiger partial charge on any atom is 0.141 e. The van der Waals surface area contributed by atoms with Gasteiger partial charge in [0.1, 0.15) is 7.93 Å². The summed E-state index contributed by atoms with van der Waals surface area (Å²) in [7, 11) is -9.86. The van der Waals surface area contributed by atoms with Crippen LogP contribution in [-0.4, -0.2) is 30.5 Å². The summed E-state index contributed by atoms with van der Waals surface area (Å²) in [5.74, 6) is 0. The van der Waals surface area contributed by atoms with Crippen LogP contribution in [0.4, 0.5) is 4.11 Å². The van der Waals surface area contributed by atoms with Crippen LogP contribution < -0.4 is 10.4 Å². The van der Waals surface area contributed by atoms with Crippen LogP contribution >= 0.6 is 0 Å². The Bertz CT molecular complexity index is 947. The minimum Gasteiger partial charge on any atom is -0.343 e. The largest absolute Gasteiger partial charge is 0.343 e. The van der Waals surface area contributed by atoms with E-state index in [1.54, 1.807) is 0 Å². The zero-order valence-corrected chi connectivity index (χ0v) is 31.0. The molecule has 0 heterocycles. The first-order valence-corrected chi connectivity index (χ1v) is 25.5. The molecule has 37 heavy (non-hydrogen) atoms. The van der Waals surface area contributed by atoms with Crippen LogP contribution in [0.15, 0.2) is 48.5 Å². The molecule has 208 valence electrons. The molecular formula is C32H56FSi4-. The maximum atomic E-state index is 19.5. The van der Waals surface area contributed by atoms with E-state index in [2.05, 4.69) is 159 Å². The van der Waals surface area contributed by atoms with Gasteiger partial charge >= 0.3 is 0 Å². The van der Waals surface area contributed by atoms with E-state index in [4.69, 9.17) is 0 Å². The normalized spacial score (nSPS) is 14.9. The molecule has 0 saturated carbocycles. The Morgan fingerprint density at radius 2 is 0.703 bits per heavy atom. The molecule has 0 aliphatic carbocycles. The van der Waals surface area contributed by atoms with E-state index in [0.717, 1.165) is 10.4 Å². The molecule has 0 radical (unpaired) electrons. The van der Waals surface area contributed by atoms with Crippen molar-refractivity contribution in [2.24, 2.45) is 0 Å². The zero-order valence-electron chi connectivity index (χ0n) is 27.0. The van der Waals surface area contributed by atoms with Gasteiger partial charge in [-0.25, -0.2) is 0 Å². The summed E-state index contributed by atoms with van der Waals surface area (Å²) in [6.07, 6.45) is 0. The standard InChI is InChI=1S/C32H56FSi4/c1-25-17-21-27(22-18-25)37(33,28-23-19-26(2)20-24-28)34(35(15,29(3,4)5)30(6,7)8)36(16,31(9,10)11)32(12,13)14/h17-24H,1-16H3/q-1. The Morgan fingerprint density at radius 3 is 0.892 bits per heavy atom. The van der Waals surface area contributed by atoms with E-state index < -0.39 is 30.5 Å². The molecule has 0 aliphatic rings. The molecule has 0 aromatic heterocycles. The van der Waals surface area contributed by atoms with Crippen molar-refractivity contribution in [2.45, 2.75) is 130 Å². The number of hydrogen-bond donors (Lipinski definition) is 0.